The van der Waals surface area contributed by atoms with Crippen LogP contribution < -0.4 is 5.73 Å². The first-order valence-electron chi connectivity index (χ1n) is 2.67. The zero-order valence-corrected chi connectivity index (χ0v) is 5.37. The molecule has 0 aliphatic rings. The molecule has 5 nitrogen and oxygen atoms in total. The minimum atomic E-state index is -0.916. The molecular formula is C5H6N3O2. The fourth-order valence-electron chi connectivity index (χ4n) is 0.488. The lowest BCUT2D eigenvalue weighted by molar-refractivity contribution is 0.449. The molecule has 1 radical (unpaired) electrons. The van der Waals surface area contributed by atoms with E-state index in [1.807, 2.05) is 0 Å². The molecule has 0 bridgehead atoms. The van der Waals surface area contributed by atoms with Crippen molar-refractivity contribution in [2.75, 3.05) is 0 Å². The zero-order chi connectivity index (χ0) is 7.56. The van der Waals surface area contributed by atoms with Crippen LogP contribution >= 0.6 is 0 Å². The average molecular weight is 140 g/mol. The predicted molar refractivity (Wildman–Crippen MR) is 31.7 cm³/mol. The minimum Gasteiger partial charge on any atom is -0.423 e. The molecule has 2 N–H and O–H groups in total. The van der Waals surface area contributed by atoms with Crippen LogP contribution in [0.3, 0.4) is 0 Å². The Morgan fingerprint density at radius 2 is 2.40 bits per heavy atom. The number of nitrogens with zero attached hydrogens (tertiary/aromatic N) is 2. The van der Waals surface area contributed by atoms with E-state index in [0.717, 1.165) is 0 Å². The second-order valence-corrected chi connectivity index (χ2v) is 1.75. The third kappa shape index (κ3) is 1.19. The van der Waals surface area contributed by atoms with Crippen molar-refractivity contribution in [3.05, 3.63) is 11.8 Å². The highest BCUT2D eigenvalue weighted by Crippen LogP contribution is 2.04. The van der Waals surface area contributed by atoms with E-state index in [-0.39, 0.29) is 5.89 Å². The van der Waals surface area contributed by atoms with Gasteiger partial charge >= 0.3 is 0 Å². The lowest BCUT2D eigenvalue weighted by Gasteiger charge is -1.90. The van der Waals surface area contributed by atoms with Gasteiger partial charge in [0.05, 0.1) is 0 Å². The summed E-state index contributed by atoms with van der Waals surface area (Å²) in [7, 11) is 0. The maximum Gasteiger partial charge on any atom is 0.241 e. The van der Waals surface area contributed by atoms with Crippen LogP contribution in [-0.2, 0) is 4.79 Å². The first kappa shape index (κ1) is 6.88. The lowest BCUT2D eigenvalue weighted by atomic mass is 10.4. The first-order valence-corrected chi connectivity index (χ1v) is 2.67. The van der Waals surface area contributed by atoms with Crippen LogP contribution in [0.1, 0.15) is 17.8 Å². The van der Waals surface area contributed by atoms with Gasteiger partial charge in [-0.25, -0.2) is 0 Å². The van der Waals surface area contributed by atoms with E-state index in [4.69, 9.17) is 10.2 Å². The maximum absolute atomic E-state index is 9.94. The summed E-state index contributed by atoms with van der Waals surface area (Å²) in [4.78, 5) is 9.94. The largest absolute Gasteiger partial charge is 0.423 e. The summed E-state index contributed by atoms with van der Waals surface area (Å²) in [5.74, 6) is 0.494. The molecule has 0 aromatic carbocycles. The van der Waals surface area contributed by atoms with Gasteiger partial charge in [0, 0.05) is 6.92 Å². The molecule has 1 aromatic heterocycles. The van der Waals surface area contributed by atoms with Crippen molar-refractivity contribution in [3.63, 3.8) is 0 Å². The van der Waals surface area contributed by atoms with Gasteiger partial charge in [-0.2, -0.15) is 0 Å². The molecule has 0 spiro atoms. The van der Waals surface area contributed by atoms with E-state index in [1.54, 1.807) is 6.92 Å². The molecule has 1 aromatic rings. The topological polar surface area (TPSA) is 82.0 Å². The fraction of sp³-hybridized carbons (Fsp3) is 0.400. The van der Waals surface area contributed by atoms with Gasteiger partial charge < -0.3 is 10.2 Å². The van der Waals surface area contributed by atoms with Crippen molar-refractivity contribution in [2.24, 2.45) is 5.73 Å². The molecule has 0 aliphatic heterocycles. The summed E-state index contributed by atoms with van der Waals surface area (Å²) in [6.07, 6.45) is 1.53. The Labute approximate surface area is 57.2 Å². The summed E-state index contributed by atoms with van der Waals surface area (Å²) in [5, 5.41) is 6.99. The first-order chi connectivity index (χ1) is 4.74. The number of nitrogens with two attached hydrogens (primary N) is 1. The monoisotopic (exact) mass is 140 g/mol. The Hall–Kier alpha value is -1.23. The molecule has 53 valence electrons. The van der Waals surface area contributed by atoms with Crippen LogP contribution in [0.2, 0.25) is 0 Å². The second kappa shape index (κ2) is 2.57. The van der Waals surface area contributed by atoms with Crippen molar-refractivity contribution < 1.29 is 9.21 Å². The summed E-state index contributed by atoms with van der Waals surface area (Å²) in [6.45, 7) is 1.62. The highest BCUT2D eigenvalue weighted by molar-refractivity contribution is 5.58. The van der Waals surface area contributed by atoms with Gasteiger partial charge in [-0.1, -0.05) is 0 Å². The number of rotatable bonds is 2. The predicted octanol–water partition coefficient (Wildman–Crippen LogP) is -0.512. The van der Waals surface area contributed by atoms with Crippen LogP contribution in [0, 0.1) is 6.92 Å². The highest BCUT2D eigenvalue weighted by atomic mass is 16.4. The zero-order valence-electron chi connectivity index (χ0n) is 5.37. The molecule has 1 heterocycles. The fourth-order valence-corrected chi connectivity index (χ4v) is 0.488. The number of hydrogen-bond donors (Lipinski definition) is 1. The van der Waals surface area contributed by atoms with E-state index < -0.39 is 6.04 Å². The SMILES string of the molecule is Cc1nnc(C(N)[C]=O)o1. The van der Waals surface area contributed by atoms with Crippen molar-refractivity contribution in [1.29, 1.82) is 0 Å². The number of carbonyl (C=O) groups excluding carboxylic acids is 1. The van der Waals surface area contributed by atoms with E-state index in [9.17, 15) is 4.79 Å². The molecule has 1 unspecified atom stereocenters. The Kier molecular flexibility index (Phi) is 1.77. The molecule has 0 amide bonds. The van der Waals surface area contributed by atoms with Crippen LogP contribution in [0.15, 0.2) is 4.42 Å². The quantitative estimate of drug-likeness (QED) is 0.598. The molecule has 10 heavy (non-hydrogen) atoms. The molecule has 5 heteroatoms. The average Bonchev–Trinajstić information content (AvgIpc) is 2.34. The summed E-state index contributed by atoms with van der Waals surface area (Å²) in [6, 6.07) is -0.916. The minimum absolute atomic E-state index is 0.104. The smallest absolute Gasteiger partial charge is 0.241 e. The second-order valence-electron chi connectivity index (χ2n) is 1.75. The molecule has 0 fully saturated rings. The van der Waals surface area contributed by atoms with Crippen molar-refractivity contribution in [1.82, 2.24) is 10.2 Å². The van der Waals surface area contributed by atoms with Crippen LogP contribution in [0.5, 0.6) is 0 Å². The van der Waals surface area contributed by atoms with Gasteiger partial charge in [-0.3, -0.25) is 4.79 Å². The molecular weight excluding hydrogens is 134 g/mol. The number of aromatic nitrogens is 2. The van der Waals surface area contributed by atoms with E-state index in [2.05, 4.69) is 10.2 Å². The van der Waals surface area contributed by atoms with Crippen LogP contribution in [0.4, 0.5) is 0 Å². The Bertz CT molecular complexity index is 233. The summed E-state index contributed by atoms with van der Waals surface area (Å²) in [5.41, 5.74) is 5.19. The van der Waals surface area contributed by atoms with E-state index in [0.29, 0.717) is 5.89 Å². The van der Waals surface area contributed by atoms with Gasteiger partial charge in [0.1, 0.15) is 0 Å². The van der Waals surface area contributed by atoms with Crippen molar-refractivity contribution in [3.8, 4) is 0 Å². The number of aryl methyl sites for hydroxylation is 1. The maximum atomic E-state index is 9.94. The molecule has 0 saturated carbocycles. The van der Waals surface area contributed by atoms with Crippen LogP contribution in [0.25, 0.3) is 0 Å². The summed E-state index contributed by atoms with van der Waals surface area (Å²) < 4.78 is 4.83. The summed E-state index contributed by atoms with van der Waals surface area (Å²) >= 11 is 0. The molecule has 1 rings (SSSR count). The van der Waals surface area contributed by atoms with Gasteiger partial charge in [-0.05, 0) is 0 Å². The van der Waals surface area contributed by atoms with Crippen LogP contribution in [-0.4, -0.2) is 16.5 Å². The molecule has 0 saturated heterocycles. The van der Waals surface area contributed by atoms with Gasteiger partial charge in [0.25, 0.3) is 0 Å². The third-order valence-corrected chi connectivity index (χ3v) is 0.935. The molecule has 0 aliphatic carbocycles. The highest BCUT2D eigenvalue weighted by Gasteiger charge is 2.11. The standard InChI is InChI=1S/C5H6N3O2/c1-3-7-8-5(10-3)4(6)2-9/h4H,6H2,1H3. The van der Waals surface area contributed by atoms with Crippen molar-refractivity contribution in [2.45, 2.75) is 13.0 Å². The third-order valence-electron chi connectivity index (χ3n) is 0.935. The van der Waals surface area contributed by atoms with Crippen molar-refractivity contribution >= 4 is 6.29 Å². The van der Waals surface area contributed by atoms with E-state index in [1.165, 1.54) is 6.29 Å². The van der Waals surface area contributed by atoms with Gasteiger partial charge in [0.15, 0.2) is 6.04 Å². The lowest BCUT2D eigenvalue weighted by Crippen LogP contribution is -2.11. The van der Waals surface area contributed by atoms with Gasteiger partial charge in [-0.15, -0.1) is 10.2 Å². The Balaban J connectivity index is 2.84. The molecule has 1 atom stereocenters. The van der Waals surface area contributed by atoms with Gasteiger partial charge in [0.2, 0.25) is 18.1 Å². The Morgan fingerprint density at radius 3 is 2.80 bits per heavy atom. The van der Waals surface area contributed by atoms with E-state index >= 15 is 0 Å². The Morgan fingerprint density at radius 1 is 1.70 bits per heavy atom. The number of hydrogen-bond acceptors (Lipinski definition) is 5. The normalized spacial score (nSPS) is 13.0.